The molecular weight excluding hydrogens is 366 g/mol. The maximum absolute atomic E-state index is 12.5. The van der Waals surface area contributed by atoms with Crippen molar-refractivity contribution in [2.24, 2.45) is 0 Å². The summed E-state index contributed by atoms with van der Waals surface area (Å²) >= 11 is 0. The number of aryl methyl sites for hydroxylation is 1. The lowest BCUT2D eigenvalue weighted by atomic mass is 10.1. The second kappa shape index (κ2) is 9.73. The highest BCUT2D eigenvalue weighted by Gasteiger charge is 2.17. The van der Waals surface area contributed by atoms with Crippen molar-refractivity contribution >= 4 is 22.6 Å². The average Bonchev–Trinajstić information content (AvgIpc) is 2.75. The molecule has 0 heterocycles. The van der Waals surface area contributed by atoms with Gasteiger partial charge in [0.25, 0.3) is 5.91 Å². The first-order chi connectivity index (χ1) is 14.1. The molecule has 3 aromatic carbocycles. The molecule has 1 amide bonds. The number of hydrogen-bond donors (Lipinski definition) is 1. The molecule has 0 aliphatic heterocycles. The number of methoxy groups -OCH3 is 1. The minimum absolute atomic E-state index is 0.0170. The van der Waals surface area contributed by atoms with Crippen molar-refractivity contribution in [1.29, 1.82) is 0 Å². The van der Waals surface area contributed by atoms with Crippen LogP contribution in [0.5, 0.6) is 5.75 Å². The van der Waals surface area contributed by atoms with E-state index >= 15 is 0 Å². The van der Waals surface area contributed by atoms with E-state index in [1.54, 1.807) is 12.1 Å². The summed E-state index contributed by atoms with van der Waals surface area (Å²) in [7, 11) is 1.50. The Balaban J connectivity index is 1.53. The van der Waals surface area contributed by atoms with Gasteiger partial charge in [-0.05, 0) is 48.2 Å². The third kappa shape index (κ3) is 5.57. The van der Waals surface area contributed by atoms with Gasteiger partial charge in [-0.25, -0.2) is 4.79 Å². The van der Waals surface area contributed by atoms with Gasteiger partial charge in [0.1, 0.15) is 11.3 Å². The monoisotopic (exact) mass is 391 g/mol. The molecule has 0 bridgehead atoms. The molecule has 5 nitrogen and oxygen atoms in total. The number of fused-ring (bicyclic) bond motifs is 1. The lowest BCUT2D eigenvalue weighted by molar-refractivity contribution is -0.124. The summed E-state index contributed by atoms with van der Waals surface area (Å²) in [5, 5.41) is 4.73. The van der Waals surface area contributed by atoms with Gasteiger partial charge in [-0.2, -0.15) is 0 Å². The molecule has 0 saturated carbocycles. The Morgan fingerprint density at radius 1 is 0.966 bits per heavy atom. The second-order valence-corrected chi connectivity index (χ2v) is 6.97. The fraction of sp³-hybridized carbons (Fsp3) is 0.250. The number of benzene rings is 3. The van der Waals surface area contributed by atoms with Crippen LogP contribution in [0.3, 0.4) is 0 Å². The zero-order chi connectivity index (χ0) is 20.6. The normalized spacial score (nSPS) is 11.7. The lowest BCUT2D eigenvalue weighted by Gasteiger charge is -2.14. The maximum atomic E-state index is 12.5. The summed E-state index contributed by atoms with van der Waals surface area (Å²) in [6.07, 6.45) is 1.68. The summed E-state index contributed by atoms with van der Waals surface area (Å²) < 4.78 is 10.5. The molecule has 5 heteroatoms. The molecule has 29 heavy (non-hydrogen) atoms. The average molecular weight is 391 g/mol. The Morgan fingerprint density at radius 2 is 1.62 bits per heavy atom. The number of amides is 1. The third-order valence-electron chi connectivity index (χ3n) is 4.74. The molecule has 150 valence electrons. The zero-order valence-corrected chi connectivity index (χ0v) is 16.7. The van der Waals surface area contributed by atoms with Crippen molar-refractivity contribution in [2.45, 2.75) is 25.8 Å². The van der Waals surface area contributed by atoms with Crippen LogP contribution in [0.15, 0.2) is 66.7 Å². The minimum Gasteiger partial charge on any atom is -0.496 e. The zero-order valence-electron chi connectivity index (χ0n) is 16.7. The van der Waals surface area contributed by atoms with E-state index in [0.29, 0.717) is 11.3 Å². The van der Waals surface area contributed by atoms with Crippen LogP contribution in [0.4, 0.5) is 0 Å². The first-order valence-corrected chi connectivity index (χ1v) is 9.64. The highest BCUT2D eigenvalue weighted by Crippen LogP contribution is 2.26. The maximum Gasteiger partial charge on any atom is 0.342 e. The molecule has 0 fully saturated rings. The van der Waals surface area contributed by atoms with Gasteiger partial charge in [-0.1, -0.05) is 54.6 Å². The van der Waals surface area contributed by atoms with Gasteiger partial charge in [-0.3, -0.25) is 4.79 Å². The molecule has 0 aliphatic rings. The van der Waals surface area contributed by atoms with Crippen LogP contribution in [0.1, 0.15) is 29.3 Å². The number of nitrogens with one attached hydrogen (secondary N) is 1. The Kier molecular flexibility index (Phi) is 6.85. The number of carbonyl (C=O) groups excluding carboxylic acids is 2. The molecule has 0 radical (unpaired) electrons. The van der Waals surface area contributed by atoms with Crippen molar-refractivity contribution in [2.75, 3.05) is 13.7 Å². The van der Waals surface area contributed by atoms with Crippen molar-refractivity contribution in [3.8, 4) is 5.75 Å². The van der Waals surface area contributed by atoms with Crippen molar-refractivity contribution in [1.82, 2.24) is 5.32 Å². The molecule has 0 saturated heterocycles. The van der Waals surface area contributed by atoms with E-state index in [2.05, 4.69) is 17.4 Å². The van der Waals surface area contributed by atoms with Crippen molar-refractivity contribution in [3.63, 3.8) is 0 Å². The van der Waals surface area contributed by atoms with E-state index in [1.165, 1.54) is 12.7 Å². The summed E-state index contributed by atoms with van der Waals surface area (Å²) in [4.78, 5) is 24.6. The predicted molar refractivity (Wildman–Crippen MR) is 113 cm³/mol. The molecule has 0 aliphatic carbocycles. The van der Waals surface area contributed by atoms with Crippen LogP contribution >= 0.6 is 0 Å². The molecule has 3 aromatic rings. The number of carbonyl (C=O) groups is 2. The molecular formula is C24H25NO4. The Labute approximate surface area is 170 Å². The first-order valence-electron chi connectivity index (χ1n) is 9.64. The number of esters is 1. The SMILES string of the molecule is COc1cc2ccccc2cc1C(=O)OCC(=O)N[C@@H](C)CCc1ccccc1. The fourth-order valence-electron chi connectivity index (χ4n) is 3.17. The van der Waals surface area contributed by atoms with E-state index in [0.717, 1.165) is 23.6 Å². The van der Waals surface area contributed by atoms with Crippen LogP contribution < -0.4 is 10.1 Å². The highest BCUT2D eigenvalue weighted by molar-refractivity contribution is 5.99. The van der Waals surface area contributed by atoms with Crippen LogP contribution in [-0.2, 0) is 16.0 Å². The number of rotatable bonds is 8. The third-order valence-corrected chi connectivity index (χ3v) is 4.74. The summed E-state index contributed by atoms with van der Waals surface area (Å²) in [6, 6.07) is 21.3. The summed E-state index contributed by atoms with van der Waals surface area (Å²) in [6.45, 7) is 1.61. The fourth-order valence-corrected chi connectivity index (χ4v) is 3.17. The van der Waals surface area contributed by atoms with Gasteiger partial charge in [0, 0.05) is 6.04 Å². The molecule has 0 spiro atoms. The van der Waals surface area contributed by atoms with Gasteiger partial charge in [0.05, 0.1) is 7.11 Å². The largest absolute Gasteiger partial charge is 0.496 e. The van der Waals surface area contributed by atoms with Gasteiger partial charge >= 0.3 is 5.97 Å². The van der Waals surface area contributed by atoms with Gasteiger partial charge in [0.15, 0.2) is 6.61 Å². The van der Waals surface area contributed by atoms with Gasteiger partial charge < -0.3 is 14.8 Å². The van der Waals surface area contributed by atoms with E-state index in [1.807, 2.05) is 49.4 Å². The van der Waals surface area contributed by atoms with E-state index in [9.17, 15) is 9.59 Å². The summed E-state index contributed by atoms with van der Waals surface area (Å²) in [5.74, 6) is -0.483. The van der Waals surface area contributed by atoms with Gasteiger partial charge in [-0.15, -0.1) is 0 Å². The van der Waals surface area contributed by atoms with Crippen LogP contribution in [0.2, 0.25) is 0 Å². The molecule has 3 rings (SSSR count). The molecule has 1 N–H and O–H groups in total. The quantitative estimate of drug-likeness (QED) is 0.586. The van der Waals surface area contributed by atoms with Crippen LogP contribution in [0.25, 0.3) is 10.8 Å². The standard InChI is InChI=1S/C24H25NO4/c1-17(12-13-18-8-4-3-5-9-18)25-23(26)16-29-24(27)21-14-19-10-6-7-11-20(19)15-22(21)28-2/h3-11,14-15,17H,12-13,16H2,1-2H3,(H,25,26)/t17-/m0/s1. The first kappa shape index (κ1) is 20.4. The topological polar surface area (TPSA) is 64.6 Å². The van der Waals surface area contributed by atoms with E-state index < -0.39 is 5.97 Å². The smallest absolute Gasteiger partial charge is 0.342 e. The van der Waals surface area contributed by atoms with Crippen molar-refractivity contribution in [3.05, 3.63) is 77.9 Å². The van der Waals surface area contributed by atoms with Gasteiger partial charge in [0.2, 0.25) is 0 Å². The number of ether oxygens (including phenoxy) is 2. The predicted octanol–water partition coefficient (Wildman–Crippen LogP) is 4.14. The molecule has 0 unspecified atom stereocenters. The Hall–Kier alpha value is -3.34. The highest BCUT2D eigenvalue weighted by atomic mass is 16.5. The van der Waals surface area contributed by atoms with E-state index in [4.69, 9.17) is 9.47 Å². The van der Waals surface area contributed by atoms with Crippen LogP contribution in [-0.4, -0.2) is 31.6 Å². The molecule has 1 atom stereocenters. The second-order valence-electron chi connectivity index (χ2n) is 6.97. The molecule has 0 aromatic heterocycles. The lowest BCUT2D eigenvalue weighted by Crippen LogP contribution is -2.36. The Morgan fingerprint density at radius 3 is 2.31 bits per heavy atom. The van der Waals surface area contributed by atoms with Crippen molar-refractivity contribution < 1.29 is 19.1 Å². The Bertz CT molecular complexity index is 985. The van der Waals surface area contributed by atoms with Crippen LogP contribution in [0, 0.1) is 0 Å². The number of hydrogen-bond acceptors (Lipinski definition) is 4. The minimum atomic E-state index is -0.584. The summed E-state index contributed by atoms with van der Waals surface area (Å²) in [5.41, 5.74) is 1.53. The van der Waals surface area contributed by atoms with E-state index in [-0.39, 0.29) is 18.6 Å².